The van der Waals surface area contributed by atoms with E-state index < -0.39 is 0 Å². The van der Waals surface area contributed by atoms with E-state index in [1.165, 1.54) is 11.3 Å². The van der Waals surface area contributed by atoms with Crippen molar-refractivity contribution in [3.05, 3.63) is 81.0 Å². The molecule has 0 saturated carbocycles. The summed E-state index contributed by atoms with van der Waals surface area (Å²) >= 11 is 2.84. The van der Waals surface area contributed by atoms with E-state index in [4.69, 9.17) is 5.73 Å². The summed E-state index contributed by atoms with van der Waals surface area (Å²) in [6.07, 6.45) is 3.34. The molecule has 7 heteroatoms. The first-order valence-corrected chi connectivity index (χ1v) is 10.5. The van der Waals surface area contributed by atoms with Crippen molar-refractivity contribution in [3.8, 4) is 0 Å². The Balaban J connectivity index is 1.48. The van der Waals surface area contributed by atoms with Crippen molar-refractivity contribution in [3.63, 3.8) is 0 Å². The van der Waals surface area contributed by atoms with Gasteiger partial charge in [0.05, 0.1) is 5.69 Å². The van der Waals surface area contributed by atoms with Gasteiger partial charge in [-0.1, -0.05) is 6.07 Å². The first kappa shape index (κ1) is 19.0. The Morgan fingerprint density at radius 1 is 1.10 bits per heavy atom. The van der Waals surface area contributed by atoms with Crippen LogP contribution in [0.15, 0.2) is 60.0 Å². The van der Waals surface area contributed by atoms with Crippen molar-refractivity contribution >= 4 is 62.0 Å². The number of carbonyl (C=O) groups excluding carboxylic acids is 2. The number of nitrogens with one attached hydrogen (secondary N) is 1. The average Bonchev–Trinajstić information content (AvgIpc) is 3.34. The summed E-state index contributed by atoms with van der Waals surface area (Å²) < 4.78 is 0. The van der Waals surface area contributed by atoms with Crippen LogP contribution in [0.1, 0.15) is 30.6 Å². The second-order valence-electron chi connectivity index (χ2n) is 6.39. The predicted octanol–water partition coefficient (Wildman–Crippen LogP) is 5.40. The summed E-state index contributed by atoms with van der Waals surface area (Å²) in [5.41, 5.74) is 8.59. The minimum Gasteiger partial charge on any atom is -0.397 e. The first-order chi connectivity index (χ1) is 14.0. The van der Waals surface area contributed by atoms with Gasteiger partial charge < -0.3 is 11.1 Å². The van der Waals surface area contributed by atoms with Crippen molar-refractivity contribution in [1.29, 1.82) is 0 Å². The molecule has 0 aliphatic heterocycles. The molecule has 0 atom stereocenters. The molecule has 144 valence electrons. The largest absolute Gasteiger partial charge is 0.397 e. The minimum atomic E-state index is -0.292. The quantitative estimate of drug-likeness (QED) is 0.335. The highest BCUT2D eigenvalue weighted by Crippen LogP contribution is 2.33. The van der Waals surface area contributed by atoms with Crippen molar-refractivity contribution in [1.82, 2.24) is 4.98 Å². The van der Waals surface area contributed by atoms with Gasteiger partial charge in [0.2, 0.25) is 0 Å². The lowest BCUT2D eigenvalue weighted by Crippen LogP contribution is -2.12. The summed E-state index contributed by atoms with van der Waals surface area (Å²) in [6.45, 7) is 1.90. The third-order valence-electron chi connectivity index (χ3n) is 4.31. The van der Waals surface area contributed by atoms with Crippen molar-refractivity contribution in [2.45, 2.75) is 6.92 Å². The van der Waals surface area contributed by atoms with Crippen LogP contribution in [0.2, 0.25) is 0 Å². The molecule has 29 heavy (non-hydrogen) atoms. The van der Waals surface area contributed by atoms with E-state index in [0.29, 0.717) is 21.8 Å². The van der Waals surface area contributed by atoms with Crippen molar-refractivity contribution in [2.75, 3.05) is 11.1 Å². The van der Waals surface area contributed by atoms with Crippen LogP contribution < -0.4 is 11.1 Å². The molecule has 0 aliphatic carbocycles. The predicted molar refractivity (Wildman–Crippen MR) is 121 cm³/mol. The summed E-state index contributed by atoms with van der Waals surface area (Å²) in [5.74, 6) is -0.383. The molecular formula is C22H17N3O2S2. The van der Waals surface area contributed by atoms with Crippen LogP contribution in [-0.2, 0) is 0 Å². The molecule has 0 radical (unpaired) electrons. The molecule has 0 bridgehead atoms. The normalized spacial score (nSPS) is 11.2. The zero-order valence-corrected chi connectivity index (χ0v) is 17.1. The van der Waals surface area contributed by atoms with Crippen LogP contribution in [0, 0.1) is 6.92 Å². The number of allylic oxidation sites excluding steroid dienone is 1. The van der Waals surface area contributed by atoms with Crippen LogP contribution in [-0.4, -0.2) is 16.7 Å². The number of nitrogens with zero attached hydrogens (tertiary/aromatic N) is 1. The molecule has 0 spiro atoms. The summed E-state index contributed by atoms with van der Waals surface area (Å²) in [4.78, 5) is 31.6. The molecule has 3 N–H and O–H groups in total. The Labute approximate surface area is 175 Å². The third kappa shape index (κ3) is 4.11. The van der Waals surface area contributed by atoms with Gasteiger partial charge in [-0.05, 0) is 66.9 Å². The Kier molecular flexibility index (Phi) is 5.24. The number of pyridine rings is 1. The number of carbonyl (C=O) groups is 2. The number of anilines is 2. The van der Waals surface area contributed by atoms with Gasteiger partial charge >= 0.3 is 0 Å². The first-order valence-electron chi connectivity index (χ1n) is 8.84. The maximum atomic E-state index is 12.7. The van der Waals surface area contributed by atoms with E-state index in [1.807, 2.05) is 36.6 Å². The van der Waals surface area contributed by atoms with E-state index in [1.54, 1.807) is 47.8 Å². The molecule has 0 saturated heterocycles. The highest BCUT2D eigenvalue weighted by molar-refractivity contribution is 7.21. The molecule has 1 aromatic carbocycles. The van der Waals surface area contributed by atoms with Crippen molar-refractivity contribution < 1.29 is 9.59 Å². The number of hydrogen-bond acceptors (Lipinski definition) is 6. The second-order valence-corrected chi connectivity index (χ2v) is 8.37. The second kappa shape index (κ2) is 7.98. The van der Waals surface area contributed by atoms with Gasteiger partial charge in [0.15, 0.2) is 5.78 Å². The van der Waals surface area contributed by atoms with Gasteiger partial charge in [-0.2, -0.15) is 0 Å². The standard InChI is InChI=1S/C22H17N3O2S2/c1-13-4-10-17-19(23)20(29-22(17)24-13)21(27)25-15-7-5-14(6-8-15)18(26)11-9-16-3-2-12-28-16/h2-12H,23H2,1H3,(H,25,27)/b11-9+. The van der Waals surface area contributed by atoms with E-state index in [9.17, 15) is 9.59 Å². The van der Waals surface area contributed by atoms with Gasteiger partial charge in [0.25, 0.3) is 5.91 Å². The molecule has 0 aliphatic rings. The highest BCUT2D eigenvalue weighted by Gasteiger charge is 2.17. The number of aryl methyl sites for hydroxylation is 1. The third-order valence-corrected chi connectivity index (χ3v) is 6.26. The Morgan fingerprint density at radius 3 is 2.62 bits per heavy atom. The van der Waals surface area contributed by atoms with E-state index in [-0.39, 0.29) is 11.7 Å². The zero-order chi connectivity index (χ0) is 20.4. The number of thiophene rings is 2. The maximum absolute atomic E-state index is 12.7. The Hall–Kier alpha value is -3.29. The Bertz CT molecular complexity index is 1220. The number of nitrogen functional groups attached to an aromatic ring is 1. The monoisotopic (exact) mass is 419 g/mol. The summed E-state index contributed by atoms with van der Waals surface area (Å²) in [7, 11) is 0. The van der Waals surface area contributed by atoms with Crippen LogP contribution in [0.5, 0.6) is 0 Å². The molecule has 1 amide bonds. The fourth-order valence-electron chi connectivity index (χ4n) is 2.80. The average molecular weight is 420 g/mol. The van der Waals surface area contributed by atoms with Crippen molar-refractivity contribution in [2.24, 2.45) is 0 Å². The van der Waals surface area contributed by atoms with Gasteiger partial charge in [0, 0.05) is 27.2 Å². The summed E-state index contributed by atoms with van der Waals surface area (Å²) in [6, 6.07) is 14.4. The van der Waals surface area contributed by atoms with E-state index >= 15 is 0 Å². The van der Waals surface area contributed by atoms with E-state index in [0.717, 1.165) is 20.8 Å². The SMILES string of the molecule is Cc1ccc2c(N)c(C(=O)Nc3ccc(C(=O)/C=C/c4cccs4)cc3)sc2n1. The minimum absolute atomic E-state index is 0.0912. The number of ketones is 1. The molecule has 3 aromatic heterocycles. The van der Waals surface area contributed by atoms with E-state index in [2.05, 4.69) is 10.3 Å². The number of hydrogen-bond donors (Lipinski definition) is 2. The topological polar surface area (TPSA) is 85.1 Å². The number of nitrogens with two attached hydrogens (primary N) is 1. The number of benzene rings is 1. The molecule has 5 nitrogen and oxygen atoms in total. The lowest BCUT2D eigenvalue weighted by atomic mass is 10.1. The number of rotatable bonds is 5. The molecule has 0 fully saturated rings. The van der Waals surface area contributed by atoms with Gasteiger partial charge in [-0.25, -0.2) is 4.98 Å². The fraction of sp³-hybridized carbons (Fsp3) is 0.0455. The molecule has 4 rings (SSSR count). The number of aromatic nitrogens is 1. The molecular weight excluding hydrogens is 402 g/mol. The fourth-order valence-corrected chi connectivity index (χ4v) is 4.46. The number of amides is 1. The summed E-state index contributed by atoms with van der Waals surface area (Å²) in [5, 5.41) is 5.57. The lowest BCUT2D eigenvalue weighted by molar-refractivity contribution is 0.102. The van der Waals surface area contributed by atoms with Gasteiger partial charge in [-0.3, -0.25) is 9.59 Å². The van der Waals surface area contributed by atoms with Gasteiger partial charge in [-0.15, -0.1) is 22.7 Å². The molecule has 3 heterocycles. The maximum Gasteiger partial charge on any atom is 0.267 e. The number of fused-ring (bicyclic) bond motifs is 1. The van der Waals surface area contributed by atoms with Crippen LogP contribution in [0.3, 0.4) is 0 Å². The van der Waals surface area contributed by atoms with Crippen LogP contribution in [0.4, 0.5) is 11.4 Å². The van der Waals surface area contributed by atoms with Crippen LogP contribution in [0.25, 0.3) is 16.3 Å². The smallest absolute Gasteiger partial charge is 0.267 e. The zero-order valence-electron chi connectivity index (χ0n) is 15.5. The van der Waals surface area contributed by atoms with Crippen LogP contribution >= 0.6 is 22.7 Å². The molecule has 0 unspecified atom stereocenters. The Morgan fingerprint density at radius 2 is 1.90 bits per heavy atom. The lowest BCUT2D eigenvalue weighted by Gasteiger charge is -2.05. The van der Waals surface area contributed by atoms with Gasteiger partial charge in [0.1, 0.15) is 9.71 Å². The molecule has 4 aromatic rings. The highest BCUT2D eigenvalue weighted by atomic mass is 32.1.